The van der Waals surface area contributed by atoms with E-state index in [1.54, 1.807) is 24.7 Å². The first-order valence-corrected chi connectivity index (χ1v) is 9.48. The molecule has 0 fully saturated rings. The number of nitrogens with zero attached hydrogens (tertiary/aromatic N) is 1. The number of carboxylic acids is 2. The van der Waals surface area contributed by atoms with Crippen molar-refractivity contribution < 1.29 is 34.1 Å². The van der Waals surface area contributed by atoms with Gasteiger partial charge in [0.2, 0.25) is 0 Å². The van der Waals surface area contributed by atoms with E-state index >= 15 is 0 Å². The lowest BCUT2D eigenvalue weighted by atomic mass is 10.0. The van der Waals surface area contributed by atoms with Gasteiger partial charge in [-0.2, -0.15) is 0 Å². The fraction of sp³-hybridized carbons (Fsp3) is 0.381. The monoisotopic (exact) mass is 418 g/mol. The number of aliphatic hydroxyl groups is 1. The van der Waals surface area contributed by atoms with E-state index in [9.17, 15) is 24.6 Å². The summed E-state index contributed by atoms with van der Waals surface area (Å²) >= 11 is 0. The maximum absolute atomic E-state index is 12.6. The summed E-state index contributed by atoms with van der Waals surface area (Å²) in [6, 6.07) is 7.05. The zero-order valence-corrected chi connectivity index (χ0v) is 16.8. The van der Waals surface area contributed by atoms with Crippen LogP contribution in [0.2, 0.25) is 0 Å². The molecule has 1 aromatic heterocycles. The Balaban J connectivity index is 2.08. The average Bonchev–Trinajstić information content (AvgIpc) is 3.21. The minimum atomic E-state index is -1.76. The second-order valence-corrected chi connectivity index (χ2v) is 7.41. The lowest BCUT2D eigenvalue weighted by molar-refractivity contribution is -0.147. The summed E-state index contributed by atoms with van der Waals surface area (Å²) in [4.78, 5) is 36.3. The minimum Gasteiger partial charge on any atom is -0.480 e. The van der Waals surface area contributed by atoms with Crippen LogP contribution in [0.3, 0.4) is 0 Å². The van der Waals surface area contributed by atoms with Crippen LogP contribution < -0.4 is 5.32 Å². The predicted octanol–water partition coefficient (Wildman–Crippen LogP) is 2.06. The number of hydrogen-bond donors (Lipinski definition) is 4. The first-order chi connectivity index (χ1) is 14.2. The molecule has 30 heavy (non-hydrogen) atoms. The van der Waals surface area contributed by atoms with E-state index in [0.717, 1.165) is 16.0 Å². The van der Waals surface area contributed by atoms with Gasteiger partial charge < -0.3 is 30.0 Å². The molecule has 0 saturated carbocycles. The first-order valence-electron chi connectivity index (χ1n) is 9.48. The molecule has 1 heterocycles. The second-order valence-electron chi connectivity index (χ2n) is 7.41. The Labute approximate surface area is 173 Å². The zero-order chi connectivity index (χ0) is 22.3. The van der Waals surface area contributed by atoms with E-state index in [1.165, 1.54) is 0 Å². The fourth-order valence-electron chi connectivity index (χ4n) is 2.91. The smallest absolute Gasteiger partial charge is 0.334 e. The third-order valence-corrected chi connectivity index (χ3v) is 4.40. The van der Waals surface area contributed by atoms with Crippen LogP contribution in [-0.4, -0.2) is 63.4 Å². The van der Waals surface area contributed by atoms with Gasteiger partial charge in [-0.15, -0.1) is 0 Å². The van der Waals surface area contributed by atoms with Crippen molar-refractivity contribution in [3.8, 4) is 11.1 Å². The fourth-order valence-corrected chi connectivity index (χ4v) is 2.91. The largest absolute Gasteiger partial charge is 0.480 e. The first kappa shape index (κ1) is 23.0. The number of carboxylic acid groups (broad SMARTS) is 2. The quantitative estimate of drug-likeness (QED) is 0.463. The van der Waals surface area contributed by atoms with E-state index < -0.39 is 36.7 Å². The van der Waals surface area contributed by atoms with Crippen LogP contribution in [0.4, 0.5) is 4.79 Å². The highest BCUT2D eigenvalue weighted by atomic mass is 16.4. The summed E-state index contributed by atoms with van der Waals surface area (Å²) in [5.74, 6) is -2.68. The topological polar surface area (TPSA) is 140 Å². The molecule has 2 rings (SSSR count). The molecule has 0 aliphatic carbocycles. The summed E-state index contributed by atoms with van der Waals surface area (Å²) in [6.07, 6.45) is 1.45. The molecule has 0 bridgehead atoms. The standard InChI is InChI=1S/C21H26N2O7/c1-13(2)10-23(11-18(24)20(27)28)21(29)22-17(19(25)26)9-14-3-5-15(6-4-14)16-7-8-30-12-16/h3-8,12-13,17-18,24H,9-11H2,1-2H3,(H,22,29)(H,25,26)(H,27,28)/t17-,18?/m0/s1. The lowest BCUT2D eigenvalue weighted by Crippen LogP contribution is -2.52. The summed E-state index contributed by atoms with van der Waals surface area (Å²) in [7, 11) is 0. The SMILES string of the molecule is CC(C)CN(CC(O)C(=O)O)C(=O)N[C@@H](Cc1ccc(-c2ccoc2)cc1)C(=O)O. The number of carbonyl (C=O) groups is 3. The lowest BCUT2D eigenvalue weighted by Gasteiger charge is -2.27. The van der Waals surface area contributed by atoms with Gasteiger partial charge in [0, 0.05) is 18.5 Å². The van der Waals surface area contributed by atoms with Crippen LogP contribution in [0.25, 0.3) is 11.1 Å². The van der Waals surface area contributed by atoms with E-state index in [1.807, 2.05) is 32.0 Å². The van der Waals surface area contributed by atoms with Gasteiger partial charge >= 0.3 is 18.0 Å². The van der Waals surface area contributed by atoms with E-state index in [4.69, 9.17) is 9.52 Å². The third-order valence-electron chi connectivity index (χ3n) is 4.40. The molecule has 0 radical (unpaired) electrons. The molecule has 9 nitrogen and oxygen atoms in total. The van der Waals surface area contributed by atoms with Gasteiger partial charge in [-0.25, -0.2) is 14.4 Å². The molecule has 2 atom stereocenters. The molecular formula is C21H26N2O7. The van der Waals surface area contributed by atoms with Crippen LogP contribution in [0.15, 0.2) is 47.3 Å². The summed E-state index contributed by atoms with van der Waals surface area (Å²) in [5.41, 5.74) is 2.51. The van der Waals surface area contributed by atoms with E-state index in [2.05, 4.69) is 5.32 Å². The van der Waals surface area contributed by atoms with Gasteiger partial charge in [0.25, 0.3) is 0 Å². The highest BCUT2D eigenvalue weighted by molar-refractivity contribution is 5.83. The normalized spacial score (nSPS) is 12.9. The van der Waals surface area contributed by atoms with Crippen molar-refractivity contribution in [1.29, 1.82) is 0 Å². The van der Waals surface area contributed by atoms with Crippen LogP contribution in [0, 0.1) is 5.92 Å². The Morgan fingerprint density at radius 3 is 2.17 bits per heavy atom. The molecule has 1 unspecified atom stereocenters. The van der Waals surface area contributed by atoms with Crippen molar-refractivity contribution in [2.24, 2.45) is 5.92 Å². The highest BCUT2D eigenvalue weighted by Gasteiger charge is 2.27. The third kappa shape index (κ3) is 6.63. The van der Waals surface area contributed by atoms with Gasteiger partial charge in [0.15, 0.2) is 6.10 Å². The van der Waals surface area contributed by atoms with Crippen LogP contribution >= 0.6 is 0 Å². The van der Waals surface area contributed by atoms with Crippen molar-refractivity contribution in [1.82, 2.24) is 10.2 Å². The predicted molar refractivity (Wildman–Crippen MR) is 108 cm³/mol. The summed E-state index contributed by atoms with van der Waals surface area (Å²) in [5, 5.41) is 30.4. The van der Waals surface area contributed by atoms with Crippen molar-refractivity contribution in [3.63, 3.8) is 0 Å². The van der Waals surface area contributed by atoms with Crippen LogP contribution in [-0.2, 0) is 16.0 Å². The maximum Gasteiger partial charge on any atom is 0.334 e. The molecule has 0 aliphatic rings. The molecule has 4 N–H and O–H groups in total. The van der Waals surface area contributed by atoms with Crippen LogP contribution in [0.5, 0.6) is 0 Å². The number of carbonyl (C=O) groups excluding carboxylic acids is 1. The van der Waals surface area contributed by atoms with Gasteiger partial charge in [-0.1, -0.05) is 38.1 Å². The van der Waals surface area contributed by atoms with Gasteiger partial charge in [-0.05, 0) is 23.1 Å². The Morgan fingerprint density at radius 2 is 1.67 bits per heavy atom. The molecule has 9 heteroatoms. The molecule has 162 valence electrons. The minimum absolute atomic E-state index is 0.00418. The number of nitrogens with one attached hydrogen (secondary N) is 1. The molecule has 2 amide bonds. The maximum atomic E-state index is 12.6. The summed E-state index contributed by atoms with van der Waals surface area (Å²) in [6.45, 7) is 3.38. The Hall–Kier alpha value is -3.33. The van der Waals surface area contributed by atoms with Crippen molar-refractivity contribution in [2.75, 3.05) is 13.1 Å². The number of furan rings is 1. The molecule has 0 aliphatic heterocycles. The molecule has 1 aromatic carbocycles. The highest BCUT2D eigenvalue weighted by Crippen LogP contribution is 2.20. The van der Waals surface area contributed by atoms with Gasteiger partial charge in [-0.3, -0.25) is 0 Å². The molecule has 0 saturated heterocycles. The zero-order valence-electron chi connectivity index (χ0n) is 16.8. The number of rotatable bonds is 10. The number of hydrogen-bond acceptors (Lipinski definition) is 5. The summed E-state index contributed by atoms with van der Waals surface area (Å²) < 4.78 is 5.05. The average molecular weight is 418 g/mol. The van der Waals surface area contributed by atoms with Crippen LogP contribution in [0.1, 0.15) is 19.4 Å². The van der Waals surface area contributed by atoms with Crippen molar-refractivity contribution in [3.05, 3.63) is 48.4 Å². The Morgan fingerprint density at radius 1 is 1.00 bits per heavy atom. The van der Waals surface area contributed by atoms with Crippen molar-refractivity contribution >= 4 is 18.0 Å². The van der Waals surface area contributed by atoms with E-state index in [-0.39, 0.29) is 18.9 Å². The molecule has 2 aromatic rings. The number of amides is 2. The Kier molecular flexibility index (Phi) is 7.99. The van der Waals surface area contributed by atoms with E-state index in [0.29, 0.717) is 5.56 Å². The van der Waals surface area contributed by atoms with Gasteiger partial charge in [0.1, 0.15) is 6.04 Å². The Bertz CT molecular complexity index is 847. The number of benzene rings is 1. The second kappa shape index (κ2) is 10.4. The van der Waals surface area contributed by atoms with Crippen molar-refractivity contribution in [2.45, 2.75) is 32.4 Å². The number of aliphatic hydroxyl groups excluding tert-OH is 1. The van der Waals surface area contributed by atoms with Gasteiger partial charge in [0.05, 0.1) is 19.1 Å². The number of aliphatic carboxylic acids is 2. The number of urea groups is 1. The molecule has 0 spiro atoms. The molecular weight excluding hydrogens is 392 g/mol.